The second kappa shape index (κ2) is 2.67. The first-order valence-electron chi connectivity index (χ1n) is 2.37. The molecular weight excluding hydrogens is 106 g/mol. The highest BCUT2D eigenvalue weighted by Crippen LogP contribution is 2.02. The van der Waals surface area contributed by atoms with E-state index >= 15 is 0 Å². The summed E-state index contributed by atoms with van der Waals surface area (Å²) in [5.74, 6) is 0. The second-order valence-electron chi connectivity index (χ2n) is 2.15. The van der Waals surface area contributed by atoms with Crippen molar-refractivity contribution in [3.05, 3.63) is 0 Å². The maximum Gasteiger partial charge on any atom is 0.418 e. The summed E-state index contributed by atoms with van der Waals surface area (Å²) in [5, 5.41) is 0. The first kappa shape index (κ1) is 7.43. The Kier molecular flexibility index (Phi) is 2.48. The van der Waals surface area contributed by atoms with E-state index in [0.29, 0.717) is 6.54 Å². The Hall–Kier alpha value is -0.570. The molecular formula is C5H10NO2. The van der Waals surface area contributed by atoms with E-state index in [9.17, 15) is 4.79 Å². The second-order valence-corrected chi connectivity index (χ2v) is 2.15. The summed E-state index contributed by atoms with van der Waals surface area (Å²) < 4.78 is 4.45. The lowest BCUT2D eigenvalue weighted by Crippen LogP contribution is -2.33. The molecule has 0 bridgehead atoms. The molecule has 0 aliphatic carbocycles. The van der Waals surface area contributed by atoms with Gasteiger partial charge in [-0.1, -0.05) is 0 Å². The van der Waals surface area contributed by atoms with Gasteiger partial charge in [0, 0.05) is 6.54 Å². The lowest BCUT2D eigenvalue weighted by atomic mass is 10.1. The monoisotopic (exact) mass is 116 g/mol. The van der Waals surface area contributed by atoms with Gasteiger partial charge in [-0.3, -0.25) is 0 Å². The van der Waals surface area contributed by atoms with Gasteiger partial charge >= 0.3 is 6.47 Å². The average molecular weight is 116 g/mol. The molecule has 2 N–H and O–H groups in total. The molecule has 47 valence electrons. The van der Waals surface area contributed by atoms with Crippen molar-refractivity contribution in [2.45, 2.75) is 19.4 Å². The van der Waals surface area contributed by atoms with E-state index in [4.69, 9.17) is 5.73 Å². The average Bonchev–Trinajstić information content (AvgIpc) is 1.67. The molecule has 0 aliphatic rings. The first-order chi connectivity index (χ1) is 3.62. The van der Waals surface area contributed by atoms with Gasteiger partial charge in [-0.15, -0.1) is 0 Å². The van der Waals surface area contributed by atoms with Crippen LogP contribution in [0.4, 0.5) is 0 Å². The number of hydrogen-bond acceptors (Lipinski definition) is 3. The normalized spacial score (nSPS) is 10.9. The van der Waals surface area contributed by atoms with Crippen molar-refractivity contribution in [1.29, 1.82) is 0 Å². The largest absolute Gasteiger partial charge is 0.450 e. The van der Waals surface area contributed by atoms with Crippen molar-refractivity contribution < 1.29 is 9.53 Å². The van der Waals surface area contributed by atoms with Crippen molar-refractivity contribution in [1.82, 2.24) is 0 Å². The van der Waals surface area contributed by atoms with Gasteiger partial charge in [-0.05, 0) is 13.8 Å². The third-order valence-corrected chi connectivity index (χ3v) is 0.810. The summed E-state index contributed by atoms with van der Waals surface area (Å²) in [5.41, 5.74) is 4.63. The molecule has 0 aromatic rings. The summed E-state index contributed by atoms with van der Waals surface area (Å²) in [6, 6.07) is 0. The van der Waals surface area contributed by atoms with Crippen LogP contribution in [0.15, 0.2) is 0 Å². The Labute approximate surface area is 48.8 Å². The van der Waals surface area contributed by atoms with E-state index in [1.807, 2.05) is 0 Å². The van der Waals surface area contributed by atoms with Gasteiger partial charge in [0.2, 0.25) is 0 Å². The summed E-state index contributed by atoms with van der Waals surface area (Å²) >= 11 is 0. The summed E-state index contributed by atoms with van der Waals surface area (Å²) in [4.78, 5) is 9.58. The fourth-order valence-corrected chi connectivity index (χ4v) is 0.154. The summed E-state index contributed by atoms with van der Waals surface area (Å²) in [6.07, 6.45) is 0. The van der Waals surface area contributed by atoms with E-state index in [1.54, 1.807) is 13.8 Å². The van der Waals surface area contributed by atoms with Crippen LogP contribution in [-0.4, -0.2) is 18.6 Å². The zero-order valence-corrected chi connectivity index (χ0v) is 5.10. The standard InChI is InChI=1S/C5H10NO2/c1-5(2,3-6)8-4-7/h3,6H2,1-2H3. The third-order valence-electron chi connectivity index (χ3n) is 0.810. The van der Waals surface area contributed by atoms with Gasteiger partial charge in [0.05, 0.1) is 0 Å². The molecule has 0 aromatic carbocycles. The van der Waals surface area contributed by atoms with E-state index in [2.05, 4.69) is 4.74 Å². The minimum absolute atomic E-state index is 0.322. The maximum absolute atomic E-state index is 9.58. The van der Waals surface area contributed by atoms with Crippen molar-refractivity contribution >= 4 is 6.47 Å². The molecule has 0 heterocycles. The summed E-state index contributed by atoms with van der Waals surface area (Å²) in [7, 11) is 0. The Morgan fingerprint density at radius 3 is 2.38 bits per heavy atom. The third kappa shape index (κ3) is 2.58. The van der Waals surface area contributed by atoms with Crippen LogP contribution in [0.5, 0.6) is 0 Å². The van der Waals surface area contributed by atoms with Gasteiger partial charge in [0.25, 0.3) is 0 Å². The molecule has 0 rings (SSSR count). The first-order valence-corrected chi connectivity index (χ1v) is 2.37. The van der Waals surface area contributed by atoms with Gasteiger partial charge in [0.1, 0.15) is 5.60 Å². The molecule has 0 amide bonds. The van der Waals surface area contributed by atoms with Gasteiger partial charge in [0.15, 0.2) is 0 Å². The van der Waals surface area contributed by atoms with Crippen LogP contribution in [0.2, 0.25) is 0 Å². The topological polar surface area (TPSA) is 52.3 Å². The molecule has 0 saturated heterocycles. The minimum Gasteiger partial charge on any atom is -0.450 e. The zero-order chi connectivity index (χ0) is 6.62. The predicted octanol–water partition coefficient (Wildman–Crippen LogP) is -0.193. The molecule has 3 heteroatoms. The van der Waals surface area contributed by atoms with Gasteiger partial charge in [-0.2, -0.15) is 0 Å². The maximum atomic E-state index is 9.58. The highest BCUT2D eigenvalue weighted by molar-refractivity contribution is 5.39. The van der Waals surface area contributed by atoms with Crippen LogP contribution >= 0.6 is 0 Å². The molecule has 0 saturated carbocycles. The minimum atomic E-state index is -0.554. The van der Waals surface area contributed by atoms with Gasteiger partial charge in [-0.25, -0.2) is 4.79 Å². The number of ether oxygens (including phenoxy) is 1. The molecule has 8 heavy (non-hydrogen) atoms. The van der Waals surface area contributed by atoms with E-state index in [0.717, 1.165) is 0 Å². The number of carbonyl (C=O) groups excluding carboxylic acids is 1. The van der Waals surface area contributed by atoms with Crippen molar-refractivity contribution in [2.24, 2.45) is 5.73 Å². The van der Waals surface area contributed by atoms with E-state index < -0.39 is 5.60 Å². The number of rotatable bonds is 3. The lowest BCUT2D eigenvalue weighted by molar-refractivity contribution is 0.0981. The Morgan fingerprint density at radius 2 is 2.25 bits per heavy atom. The van der Waals surface area contributed by atoms with Crippen molar-refractivity contribution in [3.8, 4) is 0 Å². The van der Waals surface area contributed by atoms with Crippen LogP contribution in [0.25, 0.3) is 0 Å². The number of nitrogens with two attached hydrogens (primary N) is 1. The molecule has 3 nitrogen and oxygen atoms in total. The van der Waals surface area contributed by atoms with Crippen LogP contribution in [0.1, 0.15) is 13.8 Å². The van der Waals surface area contributed by atoms with Crippen LogP contribution in [0, 0.1) is 0 Å². The van der Waals surface area contributed by atoms with Crippen molar-refractivity contribution in [2.75, 3.05) is 6.54 Å². The van der Waals surface area contributed by atoms with E-state index in [1.165, 1.54) is 6.47 Å². The highest BCUT2D eigenvalue weighted by Gasteiger charge is 2.15. The molecule has 0 aromatic heterocycles. The molecule has 0 atom stereocenters. The molecule has 1 radical (unpaired) electrons. The molecule has 0 spiro atoms. The Morgan fingerprint density at radius 1 is 1.75 bits per heavy atom. The number of hydrogen-bond donors (Lipinski definition) is 1. The smallest absolute Gasteiger partial charge is 0.418 e. The van der Waals surface area contributed by atoms with Crippen LogP contribution < -0.4 is 5.73 Å². The Bertz CT molecular complexity index is 80.5. The van der Waals surface area contributed by atoms with Gasteiger partial charge < -0.3 is 10.5 Å². The van der Waals surface area contributed by atoms with Crippen molar-refractivity contribution in [3.63, 3.8) is 0 Å². The van der Waals surface area contributed by atoms with Crippen LogP contribution in [0.3, 0.4) is 0 Å². The predicted molar refractivity (Wildman–Crippen MR) is 29.9 cm³/mol. The zero-order valence-electron chi connectivity index (χ0n) is 5.10. The molecule has 0 aliphatic heterocycles. The Balaban J connectivity index is 3.53. The fourth-order valence-electron chi connectivity index (χ4n) is 0.154. The van der Waals surface area contributed by atoms with E-state index in [-0.39, 0.29) is 0 Å². The molecule has 0 fully saturated rings. The SMILES string of the molecule is CC(C)(CN)O[C]=O. The summed E-state index contributed by atoms with van der Waals surface area (Å²) in [6.45, 7) is 5.09. The quantitative estimate of drug-likeness (QED) is 0.556. The highest BCUT2D eigenvalue weighted by atomic mass is 16.5. The fraction of sp³-hybridized carbons (Fsp3) is 0.800. The van der Waals surface area contributed by atoms with Crippen LogP contribution in [-0.2, 0) is 9.53 Å². The lowest BCUT2D eigenvalue weighted by Gasteiger charge is -2.18. The molecule has 0 unspecified atom stereocenters.